The van der Waals surface area contributed by atoms with E-state index in [0.29, 0.717) is 18.8 Å². The number of carbonyl (C=O) groups is 2. The number of aromatic amines is 1. The fourth-order valence-electron chi connectivity index (χ4n) is 3.31. The van der Waals surface area contributed by atoms with Gasteiger partial charge in [0.15, 0.2) is 0 Å². The molecule has 26 heavy (non-hydrogen) atoms. The zero-order valence-electron chi connectivity index (χ0n) is 14.1. The monoisotopic (exact) mass is 374 g/mol. The van der Waals surface area contributed by atoms with E-state index in [2.05, 4.69) is 20.8 Å². The van der Waals surface area contributed by atoms with Crippen molar-refractivity contribution in [3.8, 4) is 0 Å². The van der Waals surface area contributed by atoms with Crippen molar-refractivity contribution in [1.29, 1.82) is 0 Å². The Morgan fingerprint density at radius 3 is 2.73 bits per heavy atom. The number of hydrogen-bond donors (Lipinski definition) is 3. The first-order valence-corrected chi connectivity index (χ1v) is 8.44. The highest BCUT2D eigenvalue weighted by Gasteiger charge is 2.44. The van der Waals surface area contributed by atoms with Crippen LogP contribution in [-0.4, -0.2) is 78.4 Å². The van der Waals surface area contributed by atoms with E-state index >= 15 is 0 Å². The van der Waals surface area contributed by atoms with Crippen molar-refractivity contribution in [3.05, 3.63) is 12.4 Å². The van der Waals surface area contributed by atoms with E-state index in [-0.39, 0.29) is 32.0 Å². The summed E-state index contributed by atoms with van der Waals surface area (Å²) >= 11 is 0. The van der Waals surface area contributed by atoms with E-state index in [1.165, 1.54) is 22.2 Å². The minimum Gasteiger partial charge on any atom is -0.354 e. The van der Waals surface area contributed by atoms with Crippen LogP contribution in [-0.2, 0) is 9.59 Å². The molecule has 144 valence electrons. The zero-order chi connectivity index (χ0) is 18.7. The molecule has 0 aromatic carbocycles. The van der Waals surface area contributed by atoms with Crippen molar-refractivity contribution in [2.45, 2.75) is 18.6 Å². The van der Waals surface area contributed by atoms with Crippen LogP contribution >= 0.6 is 0 Å². The molecule has 8 nitrogen and oxygen atoms in total. The summed E-state index contributed by atoms with van der Waals surface area (Å²) in [5.41, 5.74) is 0.541. The van der Waals surface area contributed by atoms with Gasteiger partial charge in [0.25, 0.3) is 0 Å². The SMILES string of the molecule is O=C(NCC(N1CCNCC1)C(F)(F)F)C1CC(=O)N(c2cn[nH]c2)C1. The van der Waals surface area contributed by atoms with Gasteiger partial charge in [-0.2, -0.15) is 18.3 Å². The van der Waals surface area contributed by atoms with Gasteiger partial charge in [0.2, 0.25) is 11.8 Å². The summed E-state index contributed by atoms with van der Waals surface area (Å²) in [4.78, 5) is 27.1. The molecule has 2 aliphatic rings. The second-order valence-corrected chi connectivity index (χ2v) is 6.45. The van der Waals surface area contributed by atoms with Crippen LogP contribution in [0.15, 0.2) is 12.4 Å². The van der Waals surface area contributed by atoms with Crippen molar-refractivity contribution < 1.29 is 22.8 Å². The van der Waals surface area contributed by atoms with Crippen LogP contribution in [0.5, 0.6) is 0 Å². The Kier molecular flexibility index (Phi) is 5.47. The summed E-state index contributed by atoms with van der Waals surface area (Å²) in [6.45, 7) is 1.13. The highest BCUT2D eigenvalue weighted by Crippen LogP contribution is 2.26. The van der Waals surface area contributed by atoms with Crippen LogP contribution in [0, 0.1) is 5.92 Å². The number of piperazine rings is 1. The number of nitrogens with zero attached hydrogens (tertiary/aromatic N) is 3. The molecule has 0 aliphatic carbocycles. The van der Waals surface area contributed by atoms with Crippen molar-refractivity contribution in [1.82, 2.24) is 25.7 Å². The van der Waals surface area contributed by atoms with Gasteiger partial charge in [-0.3, -0.25) is 19.6 Å². The van der Waals surface area contributed by atoms with Gasteiger partial charge in [-0.15, -0.1) is 0 Å². The van der Waals surface area contributed by atoms with Gasteiger partial charge < -0.3 is 15.5 Å². The number of alkyl halides is 3. The van der Waals surface area contributed by atoms with Gasteiger partial charge in [0.1, 0.15) is 6.04 Å². The molecular weight excluding hydrogens is 353 g/mol. The first kappa shape index (κ1) is 18.6. The lowest BCUT2D eigenvalue weighted by Gasteiger charge is -2.36. The van der Waals surface area contributed by atoms with Gasteiger partial charge in [0.05, 0.1) is 17.8 Å². The van der Waals surface area contributed by atoms with Gasteiger partial charge >= 0.3 is 6.18 Å². The van der Waals surface area contributed by atoms with Crippen LogP contribution in [0.3, 0.4) is 0 Å². The maximum Gasteiger partial charge on any atom is 0.405 e. The maximum absolute atomic E-state index is 13.4. The van der Waals surface area contributed by atoms with E-state index in [1.54, 1.807) is 0 Å². The molecule has 3 rings (SSSR count). The molecular formula is C15H21F3N6O2. The van der Waals surface area contributed by atoms with Gasteiger partial charge in [-0.1, -0.05) is 0 Å². The Balaban J connectivity index is 1.57. The second kappa shape index (κ2) is 7.62. The number of amides is 2. The van der Waals surface area contributed by atoms with Crippen LogP contribution in [0.2, 0.25) is 0 Å². The summed E-state index contributed by atoms with van der Waals surface area (Å²) in [7, 11) is 0. The fourth-order valence-corrected chi connectivity index (χ4v) is 3.31. The maximum atomic E-state index is 13.4. The lowest BCUT2D eigenvalue weighted by Crippen LogP contribution is -2.57. The van der Waals surface area contributed by atoms with Crippen molar-refractivity contribution in [3.63, 3.8) is 0 Å². The van der Waals surface area contributed by atoms with E-state index in [4.69, 9.17) is 0 Å². The molecule has 0 bridgehead atoms. The number of halogens is 3. The Labute approximate surface area is 148 Å². The lowest BCUT2D eigenvalue weighted by molar-refractivity contribution is -0.184. The largest absolute Gasteiger partial charge is 0.405 e. The molecule has 2 saturated heterocycles. The quantitative estimate of drug-likeness (QED) is 0.659. The molecule has 2 atom stereocenters. The number of nitrogens with one attached hydrogen (secondary N) is 3. The molecule has 0 saturated carbocycles. The summed E-state index contributed by atoms with van der Waals surface area (Å²) < 4.78 is 40.1. The summed E-state index contributed by atoms with van der Waals surface area (Å²) in [5, 5.41) is 11.7. The molecule has 0 radical (unpaired) electrons. The van der Waals surface area contributed by atoms with Crippen molar-refractivity contribution >= 4 is 17.5 Å². The standard InChI is InChI=1S/C15H21F3N6O2/c16-15(17,18)12(23-3-1-19-2-4-23)8-20-14(26)10-5-13(25)24(9-10)11-6-21-22-7-11/h6-7,10,12,19H,1-5,8-9H2,(H,20,26)(H,21,22). The summed E-state index contributed by atoms with van der Waals surface area (Å²) in [5.74, 6) is -1.45. The van der Waals surface area contributed by atoms with E-state index in [9.17, 15) is 22.8 Å². The highest BCUT2D eigenvalue weighted by molar-refractivity contribution is 6.00. The normalized spacial score (nSPS) is 23.3. The molecule has 1 aromatic heterocycles. The summed E-state index contributed by atoms with van der Waals surface area (Å²) in [6.07, 6.45) is -1.47. The molecule has 1 aromatic rings. The lowest BCUT2D eigenvalue weighted by atomic mass is 10.1. The van der Waals surface area contributed by atoms with Crippen molar-refractivity contribution in [2.75, 3.05) is 44.2 Å². The Morgan fingerprint density at radius 2 is 2.12 bits per heavy atom. The van der Waals surface area contributed by atoms with Crippen molar-refractivity contribution in [2.24, 2.45) is 5.92 Å². The first-order valence-electron chi connectivity index (χ1n) is 8.44. The zero-order valence-corrected chi connectivity index (χ0v) is 14.1. The third kappa shape index (κ3) is 4.15. The third-order valence-corrected chi connectivity index (χ3v) is 4.73. The molecule has 0 spiro atoms. The molecule has 3 N–H and O–H groups in total. The Morgan fingerprint density at radius 1 is 1.38 bits per heavy atom. The van der Waals surface area contributed by atoms with Gasteiger partial charge in [-0.05, 0) is 0 Å². The Bertz CT molecular complexity index is 630. The average Bonchev–Trinajstić information content (AvgIpc) is 3.24. The minimum absolute atomic E-state index is 0.0265. The number of H-pyrrole nitrogens is 1. The number of aromatic nitrogens is 2. The van der Waals surface area contributed by atoms with E-state index in [0.717, 1.165) is 0 Å². The predicted molar refractivity (Wildman–Crippen MR) is 86.3 cm³/mol. The topological polar surface area (TPSA) is 93.4 Å². The molecule has 2 aliphatic heterocycles. The van der Waals surface area contributed by atoms with Gasteiger partial charge in [0, 0.05) is 51.9 Å². The Hall–Kier alpha value is -2.14. The fraction of sp³-hybridized carbons (Fsp3) is 0.667. The minimum atomic E-state index is -4.43. The van der Waals surface area contributed by atoms with E-state index < -0.39 is 30.6 Å². The number of carbonyl (C=O) groups excluding carboxylic acids is 2. The average molecular weight is 374 g/mol. The molecule has 2 fully saturated rings. The molecule has 11 heteroatoms. The van der Waals surface area contributed by atoms with Crippen LogP contribution < -0.4 is 15.5 Å². The smallest absolute Gasteiger partial charge is 0.354 e. The van der Waals surface area contributed by atoms with Crippen LogP contribution in [0.25, 0.3) is 0 Å². The van der Waals surface area contributed by atoms with Gasteiger partial charge in [-0.25, -0.2) is 0 Å². The number of hydrogen-bond acceptors (Lipinski definition) is 5. The number of anilines is 1. The van der Waals surface area contributed by atoms with Crippen LogP contribution in [0.1, 0.15) is 6.42 Å². The third-order valence-electron chi connectivity index (χ3n) is 4.73. The van der Waals surface area contributed by atoms with Crippen LogP contribution in [0.4, 0.5) is 18.9 Å². The molecule has 2 amide bonds. The second-order valence-electron chi connectivity index (χ2n) is 6.45. The van der Waals surface area contributed by atoms with E-state index in [1.807, 2.05) is 0 Å². The molecule has 3 heterocycles. The highest BCUT2D eigenvalue weighted by atomic mass is 19.4. The summed E-state index contributed by atoms with van der Waals surface area (Å²) in [6, 6.07) is -1.73. The molecule has 2 unspecified atom stereocenters. The first-order chi connectivity index (χ1) is 12.4. The number of rotatable bonds is 5. The predicted octanol–water partition coefficient (Wildman–Crippen LogP) is -0.285.